The maximum Gasteiger partial charge on any atom is 0.162 e. The van der Waals surface area contributed by atoms with Gasteiger partial charge in [0, 0.05) is 25.1 Å². The molecule has 0 radical (unpaired) electrons. The van der Waals surface area contributed by atoms with Gasteiger partial charge in [0.1, 0.15) is 6.10 Å². The van der Waals surface area contributed by atoms with Crippen molar-refractivity contribution in [3.05, 3.63) is 60.2 Å². The highest BCUT2D eigenvalue weighted by atomic mass is 16.5. The Morgan fingerprint density at radius 2 is 1.80 bits per heavy atom. The van der Waals surface area contributed by atoms with Crippen LogP contribution in [0.3, 0.4) is 0 Å². The van der Waals surface area contributed by atoms with Crippen LogP contribution in [0.4, 0.5) is 0 Å². The first-order valence-electron chi connectivity index (χ1n) is 8.86. The lowest BCUT2D eigenvalue weighted by molar-refractivity contribution is 0.0975. The molecule has 0 aliphatic carbocycles. The fraction of sp³-hybridized carbons (Fsp3) is 0.381. The van der Waals surface area contributed by atoms with Crippen molar-refractivity contribution in [2.24, 2.45) is 0 Å². The smallest absolute Gasteiger partial charge is 0.162 e. The predicted octanol–water partition coefficient (Wildman–Crippen LogP) is 3.81. The zero-order valence-electron chi connectivity index (χ0n) is 14.7. The van der Waals surface area contributed by atoms with Gasteiger partial charge >= 0.3 is 0 Å². The number of methoxy groups -OCH3 is 1. The van der Waals surface area contributed by atoms with Crippen LogP contribution >= 0.6 is 0 Å². The van der Waals surface area contributed by atoms with Crippen molar-refractivity contribution < 1.29 is 14.3 Å². The Bertz CT molecular complexity index is 687. The number of ether oxygens (including phenoxy) is 2. The van der Waals surface area contributed by atoms with Gasteiger partial charge in [-0.1, -0.05) is 42.5 Å². The Balaban J connectivity index is 1.42. The highest BCUT2D eigenvalue weighted by Crippen LogP contribution is 2.28. The van der Waals surface area contributed by atoms with Gasteiger partial charge in [-0.15, -0.1) is 0 Å². The second-order valence-corrected chi connectivity index (χ2v) is 6.37. The summed E-state index contributed by atoms with van der Waals surface area (Å²) in [6.45, 7) is 2.85. The summed E-state index contributed by atoms with van der Waals surface area (Å²) in [4.78, 5) is 14.5. The summed E-state index contributed by atoms with van der Waals surface area (Å²) in [5, 5.41) is 0. The molecule has 1 heterocycles. The van der Waals surface area contributed by atoms with E-state index in [0.717, 1.165) is 49.5 Å². The minimum Gasteiger partial charge on any atom is -0.493 e. The average Bonchev–Trinajstić information content (AvgIpc) is 3.10. The number of carbonyl (C=O) groups is 1. The van der Waals surface area contributed by atoms with Crippen molar-refractivity contribution in [2.75, 3.05) is 26.7 Å². The van der Waals surface area contributed by atoms with E-state index in [0.29, 0.717) is 6.42 Å². The maximum absolute atomic E-state index is 12.1. The first-order valence-corrected chi connectivity index (χ1v) is 8.86. The molecule has 0 N–H and O–H groups in total. The minimum absolute atomic E-state index is 0.182. The Hall–Kier alpha value is -2.33. The molecular weight excluding hydrogens is 314 g/mol. The molecule has 1 aliphatic rings. The molecule has 0 aromatic heterocycles. The van der Waals surface area contributed by atoms with Crippen LogP contribution in [-0.2, 0) is 0 Å². The molecule has 2 aromatic rings. The predicted molar refractivity (Wildman–Crippen MR) is 98.5 cm³/mol. The van der Waals surface area contributed by atoms with E-state index in [4.69, 9.17) is 9.47 Å². The van der Waals surface area contributed by atoms with Gasteiger partial charge in [0.2, 0.25) is 0 Å². The number of carbonyl (C=O) groups excluding carboxylic acids is 1. The largest absolute Gasteiger partial charge is 0.493 e. The van der Waals surface area contributed by atoms with Gasteiger partial charge in [-0.25, -0.2) is 0 Å². The van der Waals surface area contributed by atoms with Crippen molar-refractivity contribution >= 4 is 5.78 Å². The first-order chi connectivity index (χ1) is 12.3. The third kappa shape index (κ3) is 4.83. The van der Waals surface area contributed by atoms with E-state index in [2.05, 4.69) is 4.90 Å². The van der Waals surface area contributed by atoms with E-state index < -0.39 is 0 Å². The summed E-state index contributed by atoms with van der Waals surface area (Å²) in [6.07, 6.45) is 2.67. The second-order valence-electron chi connectivity index (χ2n) is 6.37. The second kappa shape index (κ2) is 8.67. The lowest BCUT2D eigenvalue weighted by atomic mass is 10.1. The molecule has 1 aliphatic heterocycles. The molecule has 25 heavy (non-hydrogen) atoms. The van der Waals surface area contributed by atoms with E-state index in [1.54, 1.807) is 7.11 Å². The summed E-state index contributed by atoms with van der Waals surface area (Å²) in [5.74, 6) is 1.80. The highest BCUT2D eigenvalue weighted by molar-refractivity contribution is 5.95. The fourth-order valence-corrected chi connectivity index (χ4v) is 3.22. The summed E-state index contributed by atoms with van der Waals surface area (Å²) in [5.41, 5.74) is 0.807. The van der Waals surface area contributed by atoms with Crippen LogP contribution in [0.15, 0.2) is 54.6 Å². The van der Waals surface area contributed by atoms with E-state index >= 15 is 0 Å². The molecule has 1 fully saturated rings. The average molecular weight is 339 g/mol. The third-order valence-electron chi connectivity index (χ3n) is 4.57. The number of hydrogen-bond donors (Lipinski definition) is 0. The van der Waals surface area contributed by atoms with Crippen LogP contribution in [0, 0.1) is 0 Å². The van der Waals surface area contributed by atoms with Gasteiger partial charge in [-0.3, -0.25) is 9.69 Å². The van der Waals surface area contributed by atoms with Crippen LogP contribution in [0.25, 0.3) is 0 Å². The van der Waals surface area contributed by atoms with E-state index in [-0.39, 0.29) is 11.9 Å². The fourth-order valence-electron chi connectivity index (χ4n) is 3.22. The molecule has 4 nitrogen and oxygen atoms in total. The first kappa shape index (κ1) is 17.5. The van der Waals surface area contributed by atoms with Gasteiger partial charge in [0.05, 0.1) is 7.11 Å². The maximum atomic E-state index is 12.1. The van der Waals surface area contributed by atoms with Crippen LogP contribution in [0.1, 0.15) is 29.6 Å². The molecule has 1 atom stereocenters. The van der Waals surface area contributed by atoms with Crippen LogP contribution < -0.4 is 9.47 Å². The van der Waals surface area contributed by atoms with Gasteiger partial charge in [-0.2, -0.15) is 0 Å². The highest BCUT2D eigenvalue weighted by Gasteiger charge is 2.24. The quantitative estimate of drug-likeness (QED) is 0.686. The zero-order chi connectivity index (χ0) is 17.5. The number of para-hydroxylation sites is 2. The van der Waals surface area contributed by atoms with Crippen LogP contribution in [0.5, 0.6) is 11.5 Å². The normalized spacial score (nSPS) is 17.4. The molecule has 2 aromatic carbocycles. The monoisotopic (exact) mass is 339 g/mol. The van der Waals surface area contributed by atoms with Crippen molar-refractivity contribution in [2.45, 2.75) is 25.4 Å². The van der Waals surface area contributed by atoms with Gasteiger partial charge < -0.3 is 9.47 Å². The molecule has 132 valence electrons. The topological polar surface area (TPSA) is 38.8 Å². The van der Waals surface area contributed by atoms with E-state index in [1.165, 1.54) is 0 Å². The number of likely N-dealkylation sites (tertiary alicyclic amines) is 1. The lowest BCUT2D eigenvalue weighted by Gasteiger charge is -2.18. The van der Waals surface area contributed by atoms with Crippen molar-refractivity contribution in [1.29, 1.82) is 0 Å². The van der Waals surface area contributed by atoms with Crippen molar-refractivity contribution in [1.82, 2.24) is 4.90 Å². The molecule has 4 heteroatoms. The Kier molecular flexibility index (Phi) is 6.07. The van der Waals surface area contributed by atoms with Crippen LogP contribution in [-0.4, -0.2) is 43.5 Å². The van der Waals surface area contributed by atoms with E-state index in [9.17, 15) is 4.79 Å². The Morgan fingerprint density at radius 1 is 1.08 bits per heavy atom. The van der Waals surface area contributed by atoms with Gasteiger partial charge in [-0.05, 0) is 31.5 Å². The molecule has 1 unspecified atom stereocenters. The number of Topliss-reactive ketones (excluding diaryl/α,β-unsaturated/α-hetero) is 1. The summed E-state index contributed by atoms with van der Waals surface area (Å²) in [7, 11) is 1.66. The number of hydrogen-bond acceptors (Lipinski definition) is 4. The minimum atomic E-state index is 0.182. The number of benzene rings is 2. The number of rotatable bonds is 8. The zero-order valence-corrected chi connectivity index (χ0v) is 14.7. The summed E-state index contributed by atoms with van der Waals surface area (Å²) in [6, 6.07) is 17.3. The Morgan fingerprint density at radius 3 is 2.56 bits per heavy atom. The van der Waals surface area contributed by atoms with Gasteiger partial charge in [0.15, 0.2) is 17.3 Å². The van der Waals surface area contributed by atoms with E-state index in [1.807, 2.05) is 54.6 Å². The number of ketones is 1. The Labute approximate surface area is 149 Å². The van der Waals surface area contributed by atoms with Crippen LogP contribution in [0.2, 0.25) is 0 Å². The summed E-state index contributed by atoms with van der Waals surface area (Å²) < 4.78 is 11.4. The molecule has 0 spiro atoms. The van der Waals surface area contributed by atoms with Gasteiger partial charge in [0.25, 0.3) is 0 Å². The molecule has 1 saturated heterocycles. The standard InChI is InChI=1S/C21H25NO3/c1-24-20-11-5-6-12-21(20)25-18-13-15-22(16-18)14-7-10-19(23)17-8-3-2-4-9-17/h2-6,8-9,11-12,18H,7,10,13-16H2,1H3. The molecule has 3 rings (SSSR count). The lowest BCUT2D eigenvalue weighted by Crippen LogP contribution is -2.26. The van der Waals surface area contributed by atoms with Crippen molar-refractivity contribution in [3.63, 3.8) is 0 Å². The SMILES string of the molecule is COc1ccccc1OC1CCN(CCCC(=O)c2ccccc2)C1. The molecule has 0 saturated carbocycles. The third-order valence-corrected chi connectivity index (χ3v) is 4.57. The number of nitrogens with zero attached hydrogens (tertiary/aromatic N) is 1. The molecule has 0 bridgehead atoms. The van der Waals surface area contributed by atoms with Crippen molar-refractivity contribution in [3.8, 4) is 11.5 Å². The summed E-state index contributed by atoms with van der Waals surface area (Å²) >= 11 is 0. The molecule has 0 amide bonds. The molecular formula is C21H25NO3.